The summed E-state index contributed by atoms with van der Waals surface area (Å²) in [6.45, 7) is 6.36. The quantitative estimate of drug-likeness (QED) is 0.837. The zero-order chi connectivity index (χ0) is 14.8. The van der Waals surface area contributed by atoms with Gasteiger partial charge in [0.25, 0.3) is 5.89 Å². The van der Waals surface area contributed by atoms with E-state index in [1.54, 1.807) is 12.0 Å². The third-order valence-corrected chi connectivity index (χ3v) is 4.30. The van der Waals surface area contributed by atoms with Gasteiger partial charge in [0, 0.05) is 39.7 Å². The van der Waals surface area contributed by atoms with Crippen LogP contribution in [0, 0.1) is 0 Å². The Labute approximate surface area is 125 Å². The fourth-order valence-electron chi connectivity index (χ4n) is 3.09. The van der Waals surface area contributed by atoms with Crippen LogP contribution >= 0.6 is 0 Å². The van der Waals surface area contributed by atoms with E-state index in [9.17, 15) is 4.79 Å². The second-order valence-electron chi connectivity index (χ2n) is 5.81. The van der Waals surface area contributed by atoms with Crippen molar-refractivity contribution >= 4 is 5.91 Å². The van der Waals surface area contributed by atoms with Crippen molar-refractivity contribution in [3.05, 3.63) is 17.3 Å². The highest BCUT2D eigenvalue weighted by Gasteiger charge is 2.31. The number of nitrogens with zero attached hydrogens (tertiary/aromatic N) is 3. The van der Waals surface area contributed by atoms with E-state index in [1.165, 1.54) is 0 Å². The molecule has 0 aromatic carbocycles. The van der Waals surface area contributed by atoms with Crippen LogP contribution in [0.15, 0.2) is 4.42 Å². The van der Waals surface area contributed by atoms with Crippen LogP contribution in [0.5, 0.6) is 0 Å². The molecule has 0 radical (unpaired) electrons. The minimum absolute atomic E-state index is 0.106. The highest BCUT2D eigenvalue weighted by Crippen LogP contribution is 2.22. The minimum atomic E-state index is -0.106. The molecule has 1 aromatic heterocycles. The number of ether oxygens (including phenoxy) is 1. The number of carbonyl (C=O) groups is 1. The van der Waals surface area contributed by atoms with Gasteiger partial charge in [0.15, 0.2) is 0 Å². The molecule has 0 aliphatic carbocycles. The first-order valence-corrected chi connectivity index (χ1v) is 7.74. The van der Waals surface area contributed by atoms with Gasteiger partial charge in [0.2, 0.25) is 0 Å². The lowest BCUT2D eigenvalue weighted by atomic mass is 10.1. The normalized spacial score (nSPS) is 22.6. The number of methoxy groups -OCH3 is 1. The van der Waals surface area contributed by atoms with Gasteiger partial charge in [-0.25, -0.2) is 4.98 Å². The maximum atomic E-state index is 12.4. The van der Waals surface area contributed by atoms with Crippen LogP contribution in [0.25, 0.3) is 0 Å². The lowest BCUT2D eigenvalue weighted by Crippen LogP contribution is -2.31. The number of hydrogen-bond donors (Lipinski definition) is 0. The molecule has 0 unspecified atom stereocenters. The number of amides is 1. The third kappa shape index (κ3) is 2.96. The van der Waals surface area contributed by atoms with Gasteiger partial charge in [-0.3, -0.25) is 9.69 Å². The van der Waals surface area contributed by atoms with Gasteiger partial charge >= 0.3 is 5.91 Å². The van der Waals surface area contributed by atoms with Gasteiger partial charge in [-0.05, 0) is 19.4 Å². The van der Waals surface area contributed by atoms with Gasteiger partial charge in [-0.2, -0.15) is 0 Å². The summed E-state index contributed by atoms with van der Waals surface area (Å²) in [4.78, 5) is 21.0. The summed E-state index contributed by atoms with van der Waals surface area (Å²) in [5, 5.41) is 0. The Morgan fingerprint density at radius 3 is 3.05 bits per heavy atom. The number of likely N-dealkylation sites (tertiary alicyclic amines) is 1. The Hall–Kier alpha value is -1.40. The smallest absolute Gasteiger partial charge is 0.309 e. The summed E-state index contributed by atoms with van der Waals surface area (Å²) in [5.74, 6) is 1.02. The standard InChI is InChI=1S/C15H23N3O3/c1-3-6-17-7-5-13-12(10-17)16-14(21-13)15(19)18-8-4-11(9-18)20-2/h11H,3-10H2,1-2H3/t11-/m0/s1. The SMILES string of the molecule is CCCN1CCc2oc(C(=O)N3CC[C@H](OC)C3)nc2C1. The summed E-state index contributed by atoms with van der Waals surface area (Å²) in [7, 11) is 1.69. The molecule has 0 saturated carbocycles. The van der Waals surface area contributed by atoms with Crippen LogP contribution in [0.1, 0.15) is 41.9 Å². The van der Waals surface area contributed by atoms with Crippen molar-refractivity contribution in [2.75, 3.05) is 33.3 Å². The summed E-state index contributed by atoms with van der Waals surface area (Å²) in [6, 6.07) is 0. The van der Waals surface area contributed by atoms with E-state index in [1.807, 2.05) is 0 Å². The molecule has 1 saturated heterocycles. The van der Waals surface area contributed by atoms with Crippen molar-refractivity contribution in [1.29, 1.82) is 0 Å². The number of rotatable bonds is 4. The number of fused-ring (bicyclic) bond motifs is 1. The number of aromatic nitrogens is 1. The molecule has 1 atom stereocenters. The molecule has 116 valence electrons. The van der Waals surface area contributed by atoms with Crippen LogP contribution in [0.3, 0.4) is 0 Å². The van der Waals surface area contributed by atoms with Crippen molar-refractivity contribution < 1.29 is 13.9 Å². The molecule has 0 N–H and O–H groups in total. The van der Waals surface area contributed by atoms with Crippen molar-refractivity contribution in [2.45, 2.75) is 38.8 Å². The van der Waals surface area contributed by atoms with Gasteiger partial charge in [-0.15, -0.1) is 0 Å². The molecule has 1 fully saturated rings. The van der Waals surface area contributed by atoms with E-state index in [0.717, 1.165) is 50.4 Å². The molecule has 6 heteroatoms. The largest absolute Gasteiger partial charge is 0.437 e. The first-order valence-electron chi connectivity index (χ1n) is 7.74. The summed E-state index contributed by atoms with van der Waals surface area (Å²) < 4.78 is 11.0. The zero-order valence-electron chi connectivity index (χ0n) is 12.8. The van der Waals surface area contributed by atoms with E-state index in [-0.39, 0.29) is 17.9 Å². The van der Waals surface area contributed by atoms with Gasteiger partial charge < -0.3 is 14.1 Å². The van der Waals surface area contributed by atoms with Crippen LogP contribution in [0.4, 0.5) is 0 Å². The predicted molar refractivity (Wildman–Crippen MR) is 77.1 cm³/mol. The average Bonchev–Trinajstić information content (AvgIpc) is 3.13. The van der Waals surface area contributed by atoms with Crippen molar-refractivity contribution in [1.82, 2.24) is 14.8 Å². The Morgan fingerprint density at radius 1 is 1.48 bits per heavy atom. The Bertz CT molecular complexity index is 514. The van der Waals surface area contributed by atoms with Crippen molar-refractivity contribution in [3.8, 4) is 0 Å². The number of oxazole rings is 1. The maximum absolute atomic E-state index is 12.4. The van der Waals surface area contributed by atoms with E-state index >= 15 is 0 Å². The molecular weight excluding hydrogens is 270 g/mol. The fourth-order valence-corrected chi connectivity index (χ4v) is 3.09. The summed E-state index contributed by atoms with van der Waals surface area (Å²) in [6.07, 6.45) is 2.99. The van der Waals surface area contributed by atoms with Crippen LogP contribution in [0.2, 0.25) is 0 Å². The first-order chi connectivity index (χ1) is 10.2. The zero-order valence-corrected chi connectivity index (χ0v) is 12.8. The Balaban J connectivity index is 1.69. The fraction of sp³-hybridized carbons (Fsp3) is 0.733. The van der Waals surface area contributed by atoms with E-state index in [0.29, 0.717) is 13.1 Å². The molecule has 1 amide bonds. The molecule has 0 bridgehead atoms. The highest BCUT2D eigenvalue weighted by molar-refractivity contribution is 5.90. The summed E-state index contributed by atoms with van der Waals surface area (Å²) >= 11 is 0. The van der Waals surface area contributed by atoms with Crippen molar-refractivity contribution in [2.24, 2.45) is 0 Å². The highest BCUT2D eigenvalue weighted by atomic mass is 16.5. The number of carbonyl (C=O) groups excluding carboxylic acids is 1. The van der Waals surface area contributed by atoms with Gasteiger partial charge in [-0.1, -0.05) is 6.92 Å². The second kappa shape index (κ2) is 6.15. The Morgan fingerprint density at radius 2 is 2.33 bits per heavy atom. The first kappa shape index (κ1) is 14.5. The average molecular weight is 293 g/mol. The lowest BCUT2D eigenvalue weighted by molar-refractivity contribution is 0.0687. The van der Waals surface area contributed by atoms with Crippen LogP contribution < -0.4 is 0 Å². The Kier molecular flexibility index (Phi) is 4.26. The topological polar surface area (TPSA) is 58.8 Å². The monoisotopic (exact) mass is 293 g/mol. The molecule has 21 heavy (non-hydrogen) atoms. The van der Waals surface area contributed by atoms with Gasteiger partial charge in [0.05, 0.1) is 11.8 Å². The molecule has 3 rings (SSSR count). The van der Waals surface area contributed by atoms with Crippen LogP contribution in [-0.2, 0) is 17.7 Å². The molecule has 0 spiro atoms. The molecule has 1 aromatic rings. The number of hydrogen-bond acceptors (Lipinski definition) is 5. The summed E-state index contributed by atoms with van der Waals surface area (Å²) in [5.41, 5.74) is 0.931. The lowest BCUT2D eigenvalue weighted by Gasteiger charge is -2.24. The van der Waals surface area contributed by atoms with E-state index in [4.69, 9.17) is 9.15 Å². The molecular formula is C15H23N3O3. The minimum Gasteiger partial charge on any atom is -0.437 e. The van der Waals surface area contributed by atoms with Crippen LogP contribution in [-0.4, -0.2) is 60.1 Å². The molecule has 2 aliphatic rings. The maximum Gasteiger partial charge on any atom is 0.309 e. The second-order valence-corrected chi connectivity index (χ2v) is 5.81. The van der Waals surface area contributed by atoms with Gasteiger partial charge in [0.1, 0.15) is 5.76 Å². The van der Waals surface area contributed by atoms with Crippen molar-refractivity contribution in [3.63, 3.8) is 0 Å². The van der Waals surface area contributed by atoms with E-state index in [2.05, 4.69) is 16.8 Å². The van der Waals surface area contributed by atoms with E-state index < -0.39 is 0 Å². The predicted octanol–water partition coefficient (Wildman–Crippen LogP) is 1.30. The molecule has 2 aliphatic heterocycles. The third-order valence-electron chi connectivity index (χ3n) is 4.30. The molecule has 6 nitrogen and oxygen atoms in total. The molecule has 3 heterocycles.